The maximum Gasteiger partial charge on any atom is 0.338 e. The molecule has 1 aromatic carbocycles. The lowest BCUT2D eigenvalue weighted by Crippen LogP contribution is -2.50. The van der Waals surface area contributed by atoms with E-state index in [-0.39, 0.29) is 17.9 Å². The fourth-order valence-electron chi connectivity index (χ4n) is 2.67. The molecule has 1 heterocycles. The minimum Gasteiger partial charge on any atom is -0.463 e. The fraction of sp³-hybridized carbons (Fsp3) is 0.389. The number of esters is 2. The van der Waals surface area contributed by atoms with Gasteiger partial charge in [-0.2, -0.15) is 4.72 Å². The fourth-order valence-corrected chi connectivity index (χ4v) is 3.94. The van der Waals surface area contributed by atoms with Gasteiger partial charge >= 0.3 is 18.0 Å². The summed E-state index contributed by atoms with van der Waals surface area (Å²) in [5, 5.41) is 4.86. The Kier molecular flexibility index (Phi) is 7.51. The van der Waals surface area contributed by atoms with E-state index in [0.717, 1.165) is 12.1 Å². The van der Waals surface area contributed by atoms with Crippen LogP contribution < -0.4 is 15.4 Å². The minimum atomic E-state index is -4.32. The molecule has 164 valence electrons. The Bertz CT molecular complexity index is 978. The number of sulfonamides is 1. The number of benzene rings is 1. The standard InChI is InChI=1S/C18H22FN3O7S/c1-4-28-17(24)15-10(2)20-18(25)21-13(15)9-29-16(23)11(3)22-30(26,27)14-8-6-5-7-12(14)19/h5-8,10-11,22H,4,9H2,1-3H3,(H2,20,21,25)/t10-,11+/m1/s1. The minimum absolute atomic E-state index is 0.0159. The monoisotopic (exact) mass is 443 g/mol. The van der Waals surface area contributed by atoms with Crippen LogP contribution in [0.5, 0.6) is 0 Å². The van der Waals surface area contributed by atoms with Crippen LogP contribution in [0.15, 0.2) is 40.4 Å². The molecular weight excluding hydrogens is 421 g/mol. The third-order valence-corrected chi connectivity index (χ3v) is 5.61. The molecule has 0 radical (unpaired) electrons. The quantitative estimate of drug-likeness (QED) is 0.499. The van der Waals surface area contributed by atoms with E-state index >= 15 is 0 Å². The van der Waals surface area contributed by atoms with Gasteiger partial charge in [-0.05, 0) is 32.9 Å². The summed E-state index contributed by atoms with van der Waals surface area (Å²) in [6.45, 7) is 3.98. The van der Waals surface area contributed by atoms with Gasteiger partial charge in [-0.15, -0.1) is 0 Å². The molecule has 2 rings (SSSR count). The van der Waals surface area contributed by atoms with Gasteiger partial charge in [0.1, 0.15) is 23.4 Å². The summed E-state index contributed by atoms with van der Waals surface area (Å²) in [6.07, 6.45) is 0. The largest absolute Gasteiger partial charge is 0.463 e. The van der Waals surface area contributed by atoms with Crippen LogP contribution in [0.2, 0.25) is 0 Å². The molecule has 1 aliphatic heterocycles. The third-order valence-electron chi connectivity index (χ3n) is 4.04. The molecule has 3 N–H and O–H groups in total. The van der Waals surface area contributed by atoms with Crippen molar-refractivity contribution in [3.8, 4) is 0 Å². The zero-order chi connectivity index (χ0) is 22.5. The number of carbonyl (C=O) groups excluding carboxylic acids is 3. The topological polar surface area (TPSA) is 140 Å². The lowest BCUT2D eigenvalue weighted by Gasteiger charge is -2.26. The van der Waals surface area contributed by atoms with Crippen molar-refractivity contribution in [3.63, 3.8) is 0 Å². The Hall–Kier alpha value is -2.99. The Morgan fingerprint density at radius 1 is 1.27 bits per heavy atom. The number of halogens is 1. The van der Waals surface area contributed by atoms with E-state index in [9.17, 15) is 27.2 Å². The molecule has 2 amide bonds. The van der Waals surface area contributed by atoms with E-state index in [4.69, 9.17) is 9.47 Å². The molecule has 0 fully saturated rings. The summed E-state index contributed by atoms with van der Waals surface area (Å²) < 4.78 is 50.3. The van der Waals surface area contributed by atoms with Crippen LogP contribution in [-0.4, -0.2) is 51.7 Å². The summed E-state index contributed by atoms with van der Waals surface area (Å²) in [6, 6.07) is 2.04. The number of nitrogens with one attached hydrogen (secondary N) is 3. The van der Waals surface area contributed by atoms with Crippen LogP contribution in [0, 0.1) is 5.82 Å². The maximum atomic E-state index is 13.8. The average molecular weight is 443 g/mol. The third kappa shape index (κ3) is 5.54. The molecule has 0 spiro atoms. The molecule has 0 saturated carbocycles. The molecule has 0 aliphatic carbocycles. The highest BCUT2D eigenvalue weighted by Crippen LogP contribution is 2.16. The lowest BCUT2D eigenvalue weighted by atomic mass is 10.0. The Morgan fingerprint density at radius 3 is 2.57 bits per heavy atom. The highest BCUT2D eigenvalue weighted by molar-refractivity contribution is 7.89. The zero-order valence-corrected chi connectivity index (χ0v) is 17.3. The number of amides is 2. The summed E-state index contributed by atoms with van der Waals surface area (Å²) in [4.78, 5) is 35.5. The molecule has 30 heavy (non-hydrogen) atoms. The number of rotatable bonds is 8. The molecule has 1 aliphatic rings. The Labute approximate surface area is 172 Å². The molecular formula is C18H22FN3O7S. The van der Waals surface area contributed by atoms with E-state index < -0.39 is 57.4 Å². The van der Waals surface area contributed by atoms with Crippen molar-refractivity contribution in [2.24, 2.45) is 0 Å². The molecule has 1 aromatic rings. The van der Waals surface area contributed by atoms with Gasteiger partial charge in [0.05, 0.1) is 23.9 Å². The van der Waals surface area contributed by atoms with Crippen LogP contribution in [0.3, 0.4) is 0 Å². The van der Waals surface area contributed by atoms with Gasteiger partial charge in [0, 0.05) is 0 Å². The number of hydrogen-bond donors (Lipinski definition) is 3. The van der Waals surface area contributed by atoms with Crippen LogP contribution >= 0.6 is 0 Å². The van der Waals surface area contributed by atoms with Gasteiger partial charge < -0.3 is 20.1 Å². The second-order valence-electron chi connectivity index (χ2n) is 6.31. The summed E-state index contributed by atoms with van der Waals surface area (Å²) in [7, 11) is -4.32. The van der Waals surface area contributed by atoms with Crippen LogP contribution in [-0.2, 0) is 29.1 Å². The first-order valence-corrected chi connectivity index (χ1v) is 10.5. The number of ether oxygens (including phenoxy) is 2. The van der Waals surface area contributed by atoms with Crippen molar-refractivity contribution in [3.05, 3.63) is 41.4 Å². The van der Waals surface area contributed by atoms with E-state index in [1.54, 1.807) is 13.8 Å². The summed E-state index contributed by atoms with van der Waals surface area (Å²) in [5.41, 5.74) is 0.0889. The predicted octanol–water partition coefficient (Wildman–Crippen LogP) is 0.554. The molecule has 10 nitrogen and oxygen atoms in total. The molecule has 2 atom stereocenters. The van der Waals surface area contributed by atoms with Crippen LogP contribution in [0.1, 0.15) is 20.8 Å². The van der Waals surface area contributed by atoms with Gasteiger partial charge in [0.15, 0.2) is 0 Å². The predicted molar refractivity (Wildman–Crippen MR) is 102 cm³/mol. The van der Waals surface area contributed by atoms with Gasteiger partial charge in [0.25, 0.3) is 0 Å². The number of carbonyl (C=O) groups is 3. The first-order chi connectivity index (χ1) is 14.1. The van der Waals surface area contributed by atoms with E-state index in [0.29, 0.717) is 0 Å². The van der Waals surface area contributed by atoms with E-state index in [1.165, 1.54) is 19.1 Å². The van der Waals surface area contributed by atoms with Crippen molar-refractivity contribution in [2.75, 3.05) is 13.2 Å². The van der Waals surface area contributed by atoms with Crippen molar-refractivity contribution in [2.45, 2.75) is 37.8 Å². The highest BCUT2D eigenvalue weighted by Gasteiger charge is 2.31. The zero-order valence-electron chi connectivity index (χ0n) is 16.5. The van der Waals surface area contributed by atoms with Gasteiger partial charge in [-0.25, -0.2) is 22.4 Å². The summed E-state index contributed by atoms with van der Waals surface area (Å²) in [5.74, 6) is -2.66. The number of hydrogen-bond acceptors (Lipinski definition) is 7. The summed E-state index contributed by atoms with van der Waals surface area (Å²) >= 11 is 0. The van der Waals surface area contributed by atoms with Gasteiger partial charge in [-0.1, -0.05) is 12.1 Å². The molecule has 12 heteroatoms. The average Bonchev–Trinajstić information content (AvgIpc) is 2.65. The second-order valence-corrected chi connectivity index (χ2v) is 8.00. The first kappa shape index (κ1) is 23.3. The van der Waals surface area contributed by atoms with Crippen molar-refractivity contribution >= 4 is 28.0 Å². The first-order valence-electron chi connectivity index (χ1n) is 8.98. The van der Waals surface area contributed by atoms with Crippen molar-refractivity contribution < 1.29 is 36.7 Å². The van der Waals surface area contributed by atoms with Crippen LogP contribution in [0.4, 0.5) is 9.18 Å². The lowest BCUT2D eigenvalue weighted by molar-refractivity contribution is -0.145. The SMILES string of the molecule is CCOC(=O)C1=C(COC(=O)[C@H](C)NS(=O)(=O)c2ccccc2F)NC(=O)N[C@@H]1C. The normalized spacial score (nSPS) is 17.6. The number of urea groups is 1. The van der Waals surface area contributed by atoms with Crippen molar-refractivity contribution in [1.29, 1.82) is 0 Å². The van der Waals surface area contributed by atoms with E-state index in [1.807, 2.05) is 4.72 Å². The smallest absolute Gasteiger partial charge is 0.338 e. The van der Waals surface area contributed by atoms with E-state index in [2.05, 4.69) is 10.6 Å². The molecule has 0 unspecified atom stereocenters. The highest BCUT2D eigenvalue weighted by atomic mass is 32.2. The van der Waals surface area contributed by atoms with Gasteiger partial charge in [-0.3, -0.25) is 4.79 Å². The van der Waals surface area contributed by atoms with Gasteiger partial charge in [0.2, 0.25) is 10.0 Å². The molecule has 0 saturated heterocycles. The molecule has 0 bridgehead atoms. The maximum absolute atomic E-state index is 13.8. The van der Waals surface area contributed by atoms with Crippen LogP contribution in [0.25, 0.3) is 0 Å². The van der Waals surface area contributed by atoms with Crippen molar-refractivity contribution in [1.82, 2.24) is 15.4 Å². The Morgan fingerprint density at radius 2 is 1.93 bits per heavy atom. The molecule has 0 aromatic heterocycles. The second kappa shape index (κ2) is 9.67. The Balaban J connectivity index is 2.11.